The molecule has 0 amide bonds. The molecule has 0 aliphatic rings. The Hall–Kier alpha value is -0.810. The fourth-order valence-corrected chi connectivity index (χ4v) is 0.960. The summed E-state index contributed by atoms with van der Waals surface area (Å²) in [4.78, 5) is 0. The Bertz CT molecular complexity index is 161. The van der Waals surface area contributed by atoms with Gasteiger partial charge < -0.3 is 5.73 Å². The molecular weight excluding hydrogens is 136 g/mol. The van der Waals surface area contributed by atoms with Crippen LogP contribution in [0.3, 0.4) is 0 Å². The van der Waals surface area contributed by atoms with Gasteiger partial charge in [0, 0.05) is 12.1 Å². The van der Waals surface area contributed by atoms with E-state index in [0.717, 1.165) is 12.8 Å². The number of nitrogens with two attached hydrogens (primary N) is 1. The van der Waals surface area contributed by atoms with Crippen molar-refractivity contribution in [3.8, 4) is 6.07 Å². The monoisotopic (exact) mass is 152 g/mol. The third-order valence-corrected chi connectivity index (χ3v) is 1.85. The van der Waals surface area contributed by atoms with E-state index in [9.17, 15) is 0 Å². The summed E-state index contributed by atoms with van der Waals surface area (Å²) in [6.45, 7) is 4.61. The smallest absolute Gasteiger partial charge is 0.0957 e. The highest BCUT2D eigenvalue weighted by Crippen LogP contribution is 2.10. The van der Waals surface area contributed by atoms with Gasteiger partial charge in [0.05, 0.1) is 6.07 Å². The zero-order valence-corrected chi connectivity index (χ0v) is 7.30. The Morgan fingerprint density at radius 2 is 2.09 bits per heavy atom. The lowest BCUT2D eigenvalue weighted by Crippen LogP contribution is -2.03. The van der Waals surface area contributed by atoms with Crippen LogP contribution in [0.25, 0.3) is 0 Å². The fraction of sp³-hybridized carbons (Fsp3) is 0.667. The number of rotatable bonds is 4. The van der Waals surface area contributed by atoms with Crippen molar-refractivity contribution in [1.82, 2.24) is 0 Å². The highest BCUT2D eigenvalue weighted by Gasteiger charge is 2.00. The summed E-state index contributed by atoms with van der Waals surface area (Å²) in [7, 11) is 0. The molecule has 0 saturated heterocycles. The van der Waals surface area contributed by atoms with Crippen LogP contribution in [0.1, 0.15) is 26.7 Å². The lowest BCUT2D eigenvalue weighted by atomic mass is 10.0. The average Bonchev–Trinajstić information content (AvgIpc) is 2.07. The molecule has 0 saturated carbocycles. The van der Waals surface area contributed by atoms with Crippen LogP contribution < -0.4 is 5.73 Å². The molecule has 2 N–H and O–H groups in total. The van der Waals surface area contributed by atoms with Gasteiger partial charge in [-0.2, -0.15) is 5.26 Å². The molecule has 0 aromatic rings. The lowest BCUT2D eigenvalue weighted by Gasteiger charge is -2.05. The predicted molar refractivity (Wildman–Crippen MR) is 46.8 cm³/mol. The molecule has 0 unspecified atom stereocenters. The van der Waals surface area contributed by atoms with Crippen molar-refractivity contribution in [2.45, 2.75) is 26.7 Å². The molecule has 0 heterocycles. The third kappa shape index (κ3) is 3.79. The second-order valence-electron chi connectivity index (χ2n) is 2.58. The van der Waals surface area contributed by atoms with Gasteiger partial charge in [-0.05, 0) is 18.8 Å². The van der Waals surface area contributed by atoms with Gasteiger partial charge in [0.15, 0.2) is 0 Å². The molecule has 2 nitrogen and oxygen atoms in total. The largest absolute Gasteiger partial charge is 0.326 e. The van der Waals surface area contributed by atoms with Crippen LogP contribution in [-0.4, -0.2) is 6.54 Å². The number of hydrogen-bond acceptors (Lipinski definition) is 2. The van der Waals surface area contributed by atoms with Crippen LogP contribution in [0.2, 0.25) is 0 Å². The number of allylic oxidation sites excluding steroid dienone is 1. The SMILES string of the molecule is CCC(/C=C(\C#N)CN)CC. The van der Waals surface area contributed by atoms with E-state index in [0.29, 0.717) is 18.0 Å². The summed E-state index contributed by atoms with van der Waals surface area (Å²) in [6.07, 6.45) is 4.16. The summed E-state index contributed by atoms with van der Waals surface area (Å²) >= 11 is 0. The van der Waals surface area contributed by atoms with E-state index >= 15 is 0 Å². The highest BCUT2D eigenvalue weighted by atomic mass is 14.5. The quantitative estimate of drug-likeness (QED) is 0.625. The molecule has 2 heteroatoms. The number of nitrogens with zero attached hydrogens (tertiary/aromatic N) is 1. The van der Waals surface area contributed by atoms with Gasteiger partial charge >= 0.3 is 0 Å². The van der Waals surface area contributed by atoms with Gasteiger partial charge in [-0.25, -0.2) is 0 Å². The molecule has 0 aromatic carbocycles. The zero-order valence-electron chi connectivity index (χ0n) is 7.30. The van der Waals surface area contributed by atoms with Crippen molar-refractivity contribution in [1.29, 1.82) is 5.26 Å². The minimum absolute atomic E-state index is 0.368. The standard InChI is InChI=1S/C9H16N2/c1-3-8(4-2)5-9(6-10)7-11/h5,8H,3-4,6,10H2,1-2H3/b9-5-. The first kappa shape index (κ1) is 10.2. The van der Waals surface area contributed by atoms with Crippen LogP contribution in [0.5, 0.6) is 0 Å². The number of hydrogen-bond donors (Lipinski definition) is 1. The molecule has 0 atom stereocenters. The van der Waals surface area contributed by atoms with Gasteiger partial charge in [-0.1, -0.05) is 19.9 Å². The second kappa shape index (κ2) is 5.94. The Morgan fingerprint density at radius 1 is 1.55 bits per heavy atom. The minimum atomic E-state index is 0.368. The summed E-state index contributed by atoms with van der Waals surface area (Å²) < 4.78 is 0. The van der Waals surface area contributed by atoms with E-state index in [-0.39, 0.29) is 0 Å². The van der Waals surface area contributed by atoms with Gasteiger partial charge in [0.25, 0.3) is 0 Å². The first-order chi connectivity index (χ1) is 5.28. The maximum Gasteiger partial charge on any atom is 0.0957 e. The van der Waals surface area contributed by atoms with E-state index in [1.807, 2.05) is 6.08 Å². The van der Waals surface area contributed by atoms with Crippen LogP contribution in [0.4, 0.5) is 0 Å². The topological polar surface area (TPSA) is 49.8 Å². The maximum absolute atomic E-state index is 8.57. The van der Waals surface area contributed by atoms with Crippen molar-refractivity contribution >= 4 is 0 Å². The molecule has 0 radical (unpaired) electrons. The van der Waals surface area contributed by atoms with E-state index < -0.39 is 0 Å². The van der Waals surface area contributed by atoms with Crippen LogP contribution in [0.15, 0.2) is 11.6 Å². The molecular formula is C9H16N2. The molecule has 62 valence electrons. The normalized spacial score (nSPS) is 11.7. The molecule has 0 rings (SSSR count). The minimum Gasteiger partial charge on any atom is -0.326 e. The fourth-order valence-electron chi connectivity index (χ4n) is 0.960. The molecule has 0 fully saturated rings. The van der Waals surface area contributed by atoms with Gasteiger partial charge in [0.2, 0.25) is 0 Å². The molecule has 0 aliphatic carbocycles. The summed E-state index contributed by atoms with van der Waals surface area (Å²) in [5.41, 5.74) is 6.06. The van der Waals surface area contributed by atoms with E-state index in [2.05, 4.69) is 19.9 Å². The van der Waals surface area contributed by atoms with Crippen LogP contribution in [-0.2, 0) is 0 Å². The molecule has 0 bridgehead atoms. The molecule has 0 aliphatic heterocycles. The van der Waals surface area contributed by atoms with Crippen molar-refractivity contribution in [2.75, 3.05) is 6.54 Å². The van der Waals surface area contributed by atoms with E-state index in [4.69, 9.17) is 11.0 Å². The van der Waals surface area contributed by atoms with Crippen LogP contribution in [0, 0.1) is 17.2 Å². The van der Waals surface area contributed by atoms with Gasteiger partial charge in [0.1, 0.15) is 0 Å². The number of nitriles is 1. The zero-order chi connectivity index (χ0) is 8.69. The van der Waals surface area contributed by atoms with Crippen molar-refractivity contribution in [2.24, 2.45) is 11.7 Å². The maximum atomic E-state index is 8.57. The van der Waals surface area contributed by atoms with E-state index in [1.54, 1.807) is 0 Å². The average molecular weight is 152 g/mol. The lowest BCUT2D eigenvalue weighted by molar-refractivity contribution is 0.603. The molecule has 0 aromatic heterocycles. The van der Waals surface area contributed by atoms with Gasteiger partial charge in [-0.3, -0.25) is 0 Å². The third-order valence-electron chi connectivity index (χ3n) is 1.85. The molecule has 11 heavy (non-hydrogen) atoms. The Morgan fingerprint density at radius 3 is 2.36 bits per heavy atom. The first-order valence-corrected chi connectivity index (χ1v) is 4.09. The second-order valence-corrected chi connectivity index (χ2v) is 2.58. The summed E-state index contributed by atoms with van der Waals surface area (Å²) in [5.74, 6) is 0.521. The Balaban J connectivity index is 4.13. The van der Waals surface area contributed by atoms with Crippen molar-refractivity contribution in [3.05, 3.63) is 11.6 Å². The summed E-state index contributed by atoms with van der Waals surface area (Å²) in [5, 5.41) is 8.57. The first-order valence-electron chi connectivity index (χ1n) is 4.09. The Kier molecular flexibility index (Phi) is 5.50. The van der Waals surface area contributed by atoms with Gasteiger partial charge in [-0.15, -0.1) is 0 Å². The Labute approximate surface area is 68.7 Å². The highest BCUT2D eigenvalue weighted by molar-refractivity contribution is 5.22. The predicted octanol–water partition coefficient (Wildman–Crippen LogP) is 1.83. The summed E-state index contributed by atoms with van der Waals surface area (Å²) in [6, 6.07) is 2.09. The molecule has 0 spiro atoms. The van der Waals surface area contributed by atoms with Crippen LogP contribution >= 0.6 is 0 Å². The van der Waals surface area contributed by atoms with E-state index in [1.165, 1.54) is 0 Å². The van der Waals surface area contributed by atoms with Crippen molar-refractivity contribution < 1.29 is 0 Å². The van der Waals surface area contributed by atoms with Crippen molar-refractivity contribution in [3.63, 3.8) is 0 Å².